The van der Waals surface area contributed by atoms with Crippen molar-refractivity contribution in [3.63, 3.8) is 0 Å². The predicted octanol–water partition coefficient (Wildman–Crippen LogP) is 2.58. The summed E-state index contributed by atoms with van der Waals surface area (Å²) >= 11 is 1.92. The lowest BCUT2D eigenvalue weighted by Gasteiger charge is -2.32. The number of amidine groups is 1. The Hall–Kier alpha value is -0.220. The van der Waals surface area contributed by atoms with E-state index in [-0.39, 0.29) is 0 Å². The molecule has 18 heavy (non-hydrogen) atoms. The maximum absolute atomic E-state index is 4.82. The summed E-state index contributed by atoms with van der Waals surface area (Å²) in [6, 6.07) is 1.16. The van der Waals surface area contributed by atoms with E-state index in [1.54, 1.807) is 0 Å². The van der Waals surface area contributed by atoms with Crippen LogP contribution in [0.2, 0.25) is 0 Å². The van der Waals surface area contributed by atoms with Gasteiger partial charge in [0.2, 0.25) is 0 Å². The molecule has 2 aliphatic rings. The lowest BCUT2D eigenvalue weighted by Crippen LogP contribution is -2.46. The molecule has 1 saturated heterocycles. The lowest BCUT2D eigenvalue weighted by molar-refractivity contribution is 0.210. The van der Waals surface area contributed by atoms with Gasteiger partial charge in [0.25, 0.3) is 0 Å². The summed E-state index contributed by atoms with van der Waals surface area (Å²) in [7, 11) is 0. The van der Waals surface area contributed by atoms with Crippen LogP contribution < -0.4 is 5.32 Å². The second-order valence-corrected chi connectivity index (χ2v) is 6.91. The highest BCUT2D eigenvalue weighted by atomic mass is 32.2. The molecule has 0 aliphatic carbocycles. The third-order valence-electron chi connectivity index (χ3n) is 3.74. The zero-order chi connectivity index (χ0) is 13.0. The Kier molecular flexibility index (Phi) is 5.37. The first kappa shape index (κ1) is 14.2. The van der Waals surface area contributed by atoms with Crippen molar-refractivity contribution in [1.29, 1.82) is 0 Å². The Morgan fingerprint density at radius 2 is 2.33 bits per heavy atom. The van der Waals surface area contributed by atoms with Crippen molar-refractivity contribution < 1.29 is 0 Å². The number of piperidine rings is 1. The minimum Gasteiger partial charge on any atom is -0.361 e. The van der Waals surface area contributed by atoms with Gasteiger partial charge < -0.3 is 10.2 Å². The van der Waals surface area contributed by atoms with Crippen LogP contribution in [0.4, 0.5) is 0 Å². The van der Waals surface area contributed by atoms with Gasteiger partial charge in [0.1, 0.15) is 0 Å². The number of hydrogen-bond acceptors (Lipinski definition) is 4. The van der Waals surface area contributed by atoms with E-state index in [0.29, 0.717) is 12.1 Å². The highest BCUT2D eigenvalue weighted by Gasteiger charge is 2.23. The average molecular weight is 269 g/mol. The molecule has 0 aromatic rings. The number of aliphatic imine (C=N–C) groups is 1. The zero-order valence-electron chi connectivity index (χ0n) is 12.0. The molecule has 3 nitrogen and oxygen atoms in total. The number of hydrogen-bond donors (Lipinski definition) is 1. The fraction of sp³-hybridized carbons (Fsp3) is 0.929. The molecule has 0 aromatic heterocycles. The molecule has 0 bridgehead atoms. The van der Waals surface area contributed by atoms with E-state index >= 15 is 0 Å². The van der Waals surface area contributed by atoms with Gasteiger partial charge in [-0.25, -0.2) is 0 Å². The minimum atomic E-state index is 0.545. The van der Waals surface area contributed by atoms with Gasteiger partial charge in [0, 0.05) is 18.3 Å². The van der Waals surface area contributed by atoms with Gasteiger partial charge in [-0.05, 0) is 38.3 Å². The summed E-state index contributed by atoms with van der Waals surface area (Å²) in [5, 5.41) is 4.85. The summed E-state index contributed by atoms with van der Waals surface area (Å²) in [5.41, 5.74) is 0. The predicted molar refractivity (Wildman–Crippen MR) is 81.4 cm³/mol. The second kappa shape index (κ2) is 6.80. The van der Waals surface area contributed by atoms with Gasteiger partial charge in [-0.3, -0.25) is 4.99 Å². The first-order chi connectivity index (χ1) is 8.67. The zero-order valence-corrected chi connectivity index (χ0v) is 12.8. The molecule has 2 aliphatic heterocycles. The molecule has 2 rings (SSSR count). The number of rotatable bonds is 4. The van der Waals surface area contributed by atoms with E-state index < -0.39 is 0 Å². The van der Waals surface area contributed by atoms with Crippen molar-refractivity contribution in [2.75, 3.05) is 25.4 Å². The summed E-state index contributed by atoms with van der Waals surface area (Å²) in [4.78, 5) is 7.36. The number of thioether (sulfide) groups is 1. The largest absolute Gasteiger partial charge is 0.361 e. The molecule has 104 valence electrons. The summed E-state index contributed by atoms with van der Waals surface area (Å²) < 4.78 is 0. The smallest absolute Gasteiger partial charge is 0.157 e. The molecule has 0 saturated carbocycles. The Balaban J connectivity index is 1.79. The molecular formula is C14H27N3S. The molecule has 1 fully saturated rings. The van der Waals surface area contributed by atoms with Gasteiger partial charge in [-0.2, -0.15) is 0 Å². The number of nitrogens with zero attached hydrogens (tertiary/aromatic N) is 2. The molecule has 0 spiro atoms. The Morgan fingerprint density at radius 1 is 1.50 bits per heavy atom. The average Bonchev–Trinajstić information content (AvgIpc) is 2.76. The van der Waals surface area contributed by atoms with Crippen LogP contribution in [0.25, 0.3) is 0 Å². The lowest BCUT2D eigenvalue weighted by atomic mass is 10.1. The second-order valence-electron chi connectivity index (χ2n) is 5.91. The molecule has 0 amide bonds. The number of likely N-dealkylation sites (tertiary alicyclic amines) is 1. The van der Waals surface area contributed by atoms with E-state index in [1.807, 2.05) is 11.8 Å². The molecule has 2 atom stereocenters. The first-order valence-electron chi connectivity index (χ1n) is 7.37. The van der Waals surface area contributed by atoms with Crippen molar-refractivity contribution in [1.82, 2.24) is 10.2 Å². The molecule has 2 unspecified atom stereocenters. The van der Waals surface area contributed by atoms with Crippen LogP contribution in [0.15, 0.2) is 4.99 Å². The molecule has 4 heteroatoms. The SMILES string of the molecule is CCN1CCCC(NC2=NC(CC(C)C)CS2)C1. The molecule has 0 aromatic carbocycles. The highest BCUT2D eigenvalue weighted by molar-refractivity contribution is 8.14. The van der Waals surface area contributed by atoms with Crippen LogP contribution >= 0.6 is 11.8 Å². The number of nitrogens with one attached hydrogen (secondary N) is 1. The molecule has 2 heterocycles. The van der Waals surface area contributed by atoms with Crippen LogP contribution in [0, 0.1) is 5.92 Å². The van der Waals surface area contributed by atoms with Gasteiger partial charge in [-0.15, -0.1) is 0 Å². The quantitative estimate of drug-likeness (QED) is 0.850. The van der Waals surface area contributed by atoms with Crippen molar-refractivity contribution in [3.8, 4) is 0 Å². The van der Waals surface area contributed by atoms with E-state index in [2.05, 4.69) is 31.0 Å². The summed E-state index contributed by atoms with van der Waals surface area (Å²) in [6.45, 7) is 10.4. The van der Waals surface area contributed by atoms with Crippen molar-refractivity contribution in [2.24, 2.45) is 10.9 Å². The van der Waals surface area contributed by atoms with Gasteiger partial charge >= 0.3 is 0 Å². The van der Waals surface area contributed by atoms with Gasteiger partial charge in [-0.1, -0.05) is 32.5 Å². The van der Waals surface area contributed by atoms with Crippen molar-refractivity contribution in [3.05, 3.63) is 0 Å². The van der Waals surface area contributed by atoms with Crippen LogP contribution in [-0.2, 0) is 0 Å². The first-order valence-corrected chi connectivity index (χ1v) is 8.35. The fourth-order valence-corrected chi connectivity index (χ4v) is 3.83. The van der Waals surface area contributed by atoms with E-state index in [1.165, 1.54) is 49.8 Å². The van der Waals surface area contributed by atoms with E-state index in [9.17, 15) is 0 Å². The van der Waals surface area contributed by atoms with Gasteiger partial charge in [0.05, 0.1) is 6.04 Å². The van der Waals surface area contributed by atoms with Gasteiger partial charge in [0.15, 0.2) is 5.17 Å². The Bertz CT molecular complexity index is 291. The number of likely N-dealkylation sites (N-methyl/N-ethyl adjacent to an activating group) is 1. The Morgan fingerprint density at radius 3 is 3.06 bits per heavy atom. The van der Waals surface area contributed by atoms with Crippen LogP contribution in [0.1, 0.15) is 40.0 Å². The Labute approximate surface area is 116 Å². The summed E-state index contributed by atoms with van der Waals surface area (Å²) in [5.74, 6) is 1.93. The van der Waals surface area contributed by atoms with Crippen LogP contribution in [0.3, 0.4) is 0 Å². The standard InChI is InChI=1S/C14H27N3S/c1-4-17-7-5-6-12(9-17)15-14-16-13(10-18-14)8-11(2)3/h11-13H,4-10H2,1-3H3,(H,15,16). The third kappa shape index (κ3) is 4.16. The van der Waals surface area contributed by atoms with Crippen molar-refractivity contribution in [2.45, 2.75) is 52.1 Å². The third-order valence-corrected chi connectivity index (χ3v) is 4.78. The molecule has 0 radical (unpaired) electrons. The van der Waals surface area contributed by atoms with Crippen LogP contribution in [0.5, 0.6) is 0 Å². The van der Waals surface area contributed by atoms with Crippen molar-refractivity contribution >= 4 is 16.9 Å². The monoisotopic (exact) mass is 269 g/mol. The highest BCUT2D eigenvalue weighted by Crippen LogP contribution is 2.23. The fourth-order valence-electron chi connectivity index (χ4n) is 2.79. The summed E-state index contributed by atoms with van der Waals surface area (Å²) in [6.07, 6.45) is 3.84. The molecular weight excluding hydrogens is 242 g/mol. The van der Waals surface area contributed by atoms with E-state index in [4.69, 9.17) is 4.99 Å². The molecule has 1 N–H and O–H groups in total. The minimum absolute atomic E-state index is 0.545. The van der Waals surface area contributed by atoms with E-state index in [0.717, 1.165) is 5.92 Å². The van der Waals surface area contributed by atoms with Crippen LogP contribution in [-0.4, -0.2) is 47.5 Å². The topological polar surface area (TPSA) is 27.6 Å². The maximum atomic E-state index is 4.82. The maximum Gasteiger partial charge on any atom is 0.157 e. The normalized spacial score (nSPS) is 29.7.